The lowest BCUT2D eigenvalue weighted by Crippen LogP contribution is -2.23. The van der Waals surface area contributed by atoms with E-state index in [1.54, 1.807) is 0 Å². The van der Waals surface area contributed by atoms with Crippen LogP contribution in [0.15, 0.2) is 10.9 Å². The van der Waals surface area contributed by atoms with Crippen LogP contribution in [0, 0.1) is 17.9 Å². The molecule has 0 spiro atoms. The van der Waals surface area contributed by atoms with Gasteiger partial charge >= 0.3 is 0 Å². The molecule has 0 aliphatic rings. The number of allylic oxidation sites excluding steroid dienone is 2. The van der Waals surface area contributed by atoms with Crippen LogP contribution in [0.1, 0.15) is 6.92 Å². The van der Waals surface area contributed by atoms with Gasteiger partial charge in [-0.1, -0.05) is 31.8 Å². The van der Waals surface area contributed by atoms with Gasteiger partial charge in [-0.25, -0.2) is 10.1 Å². The summed E-state index contributed by atoms with van der Waals surface area (Å²) in [6, 6.07) is 1.92. The van der Waals surface area contributed by atoms with Gasteiger partial charge in [-0.05, 0) is 0 Å². The van der Waals surface area contributed by atoms with Crippen molar-refractivity contribution in [2.45, 2.75) is 26.6 Å². The van der Waals surface area contributed by atoms with Crippen LogP contribution in [-0.4, -0.2) is 8.07 Å². The maximum Gasteiger partial charge on any atom is 0.257 e. The monoisotopic (exact) mass is 164 g/mol. The van der Waals surface area contributed by atoms with Crippen LogP contribution in [0.2, 0.25) is 19.6 Å². The summed E-state index contributed by atoms with van der Waals surface area (Å²) in [6.07, 6.45) is 0. The molecule has 11 heavy (non-hydrogen) atoms. The SMILES string of the molecule is [C-]#[N+]/C(C#N)=C(\C)[Si](C)(C)C. The lowest BCUT2D eigenvalue weighted by Gasteiger charge is -2.16. The molecule has 58 valence electrons. The first kappa shape index (κ1) is 9.94. The van der Waals surface area contributed by atoms with Crippen LogP contribution in [0.5, 0.6) is 0 Å². The minimum absolute atomic E-state index is 0.282. The second-order valence-corrected chi connectivity index (χ2v) is 8.70. The molecule has 0 unspecified atom stereocenters. The van der Waals surface area contributed by atoms with E-state index < -0.39 is 8.07 Å². The Morgan fingerprint density at radius 3 is 2.00 bits per heavy atom. The van der Waals surface area contributed by atoms with Crippen LogP contribution < -0.4 is 0 Å². The predicted molar refractivity (Wildman–Crippen MR) is 48.3 cm³/mol. The second-order valence-electron chi connectivity index (χ2n) is 3.45. The Bertz CT molecular complexity index is 241. The number of nitriles is 1. The van der Waals surface area contributed by atoms with E-state index in [0.717, 1.165) is 5.20 Å². The quantitative estimate of drug-likeness (QED) is 0.332. The number of hydrogen-bond acceptors (Lipinski definition) is 1. The zero-order valence-electron chi connectivity index (χ0n) is 7.39. The summed E-state index contributed by atoms with van der Waals surface area (Å²) in [5.41, 5.74) is 0.282. The zero-order chi connectivity index (χ0) is 9.07. The Morgan fingerprint density at radius 1 is 1.45 bits per heavy atom. The smallest absolute Gasteiger partial charge is 0.227 e. The first-order chi connectivity index (χ1) is 4.93. The Hall–Kier alpha value is -1.06. The molecule has 0 aromatic rings. The first-order valence-electron chi connectivity index (χ1n) is 3.42. The molecular formula is C8H12N2Si. The molecule has 0 amide bonds. The average Bonchev–Trinajstić information content (AvgIpc) is 1.88. The van der Waals surface area contributed by atoms with Crippen LogP contribution >= 0.6 is 0 Å². The lowest BCUT2D eigenvalue weighted by molar-refractivity contribution is 1.43. The van der Waals surface area contributed by atoms with E-state index in [4.69, 9.17) is 11.8 Å². The van der Waals surface area contributed by atoms with Crippen LogP contribution in [-0.2, 0) is 0 Å². The molecule has 0 aliphatic carbocycles. The van der Waals surface area contributed by atoms with E-state index in [2.05, 4.69) is 24.5 Å². The Balaban J connectivity index is 5.01. The van der Waals surface area contributed by atoms with E-state index in [-0.39, 0.29) is 5.70 Å². The summed E-state index contributed by atoms with van der Waals surface area (Å²) in [7, 11) is -1.42. The number of rotatable bonds is 1. The second kappa shape index (κ2) is 3.36. The topological polar surface area (TPSA) is 28.1 Å². The molecule has 0 aromatic carbocycles. The summed E-state index contributed by atoms with van der Waals surface area (Å²) in [5, 5.41) is 9.56. The maximum atomic E-state index is 8.56. The van der Waals surface area contributed by atoms with Gasteiger partial charge in [0.25, 0.3) is 5.70 Å². The Morgan fingerprint density at radius 2 is 1.91 bits per heavy atom. The first-order valence-corrected chi connectivity index (χ1v) is 6.92. The largest absolute Gasteiger partial charge is 0.257 e. The molecule has 0 heterocycles. The van der Waals surface area contributed by atoms with Gasteiger partial charge in [0.05, 0.1) is 20.7 Å². The highest BCUT2D eigenvalue weighted by Gasteiger charge is 2.18. The minimum Gasteiger partial charge on any atom is -0.227 e. The Kier molecular flexibility index (Phi) is 3.04. The summed E-state index contributed by atoms with van der Waals surface area (Å²) >= 11 is 0. The fourth-order valence-electron chi connectivity index (χ4n) is 0.548. The third-order valence-electron chi connectivity index (χ3n) is 1.70. The van der Waals surface area contributed by atoms with Crippen LogP contribution in [0.25, 0.3) is 4.85 Å². The van der Waals surface area contributed by atoms with Gasteiger partial charge in [0.1, 0.15) is 0 Å². The third kappa shape index (κ3) is 2.57. The van der Waals surface area contributed by atoms with Gasteiger partial charge < -0.3 is 0 Å². The van der Waals surface area contributed by atoms with Crippen molar-refractivity contribution >= 4 is 8.07 Å². The molecule has 2 nitrogen and oxygen atoms in total. The fraction of sp³-hybridized carbons (Fsp3) is 0.500. The van der Waals surface area contributed by atoms with E-state index in [0.29, 0.717) is 0 Å². The van der Waals surface area contributed by atoms with E-state index in [1.807, 2.05) is 13.0 Å². The highest BCUT2D eigenvalue weighted by Crippen LogP contribution is 2.17. The van der Waals surface area contributed by atoms with Crippen LogP contribution in [0.4, 0.5) is 0 Å². The molecule has 0 fully saturated rings. The van der Waals surface area contributed by atoms with Crippen molar-refractivity contribution in [1.82, 2.24) is 0 Å². The zero-order valence-corrected chi connectivity index (χ0v) is 8.39. The van der Waals surface area contributed by atoms with Crippen molar-refractivity contribution in [3.63, 3.8) is 0 Å². The van der Waals surface area contributed by atoms with Crippen molar-refractivity contribution in [3.05, 3.63) is 22.3 Å². The molecule has 0 atom stereocenters. The molecule has 0 rings (SSSR count). The minimum atomic E-state index is -1.42. The van der Waals surface area contributed by atoms with Crippen molar-refractivity contribution in [1.29, 1.82) is 5.26 Å². The molecule has 0 aliphatic heterocycles. The van der Waals surface area contributed by atoms with Gasteiger partial charge in [-0.3, -0.25) is 0 Å². The van der Waals surface area contributed by atoms with Gasteiger partial charge in [-0.2, -0.15) is 0 Å². The summed E-state index contributed by atoms with van der Waals surface area (Å²) in [6.45, 7) is 15.0. The van der Waals surface area contributed by atoms with E-state index in [9.17, 15) is 0 Å². The fourth-order valence-corrected chi connectivity index (χ4v) is 1.37. The highest BCUT2D eigenvalue weighted by atomic mass is 28.3. The van der Waals surface area contributed by atoms with Gasteiger partial charge in [-0.15, -0.1) is 0 Å². The third-order valence-corrected chi connectivity index (χ3v) is 4.18. The van der Waals surface area contributed by atoms with Crippen molar-refractivity contribution in [3.8, 4) is 6.07 Å². The molecule has 0 saturated carbocycles. The van der Waals surface area contributed by atoms with E-state index in [1.165, 1.54) is 0 Å². The van der Waals surface area contributed by atoms with Crippen molar-refractivity contribution in [2.75, 3.05) is 0 Å². The van der Waals surface area contributed by atoms with Crippen molar-refractivity contribution < 1.29 is 0 Å². The van der Waals surface area contributed by atoms with Gasteiger partial charge in [0, 0.05) is 0 Å². The van der Waals surface area contributed by atoms with E-state index >= 15 is 0 Å². The molecule has 0 saturated heterocycles. The normalized spacial score (nSPS) is 12.9. The Labute approximate surface area is 69.0 Å². The molecular weight excluding hydrogens is 152 g/mol. The van der Waals surface area contributed by atoms with Gasteiger partial charge in [0.15, 0.2) is 0 Å². The summed E-state index contributed by atoms with van der Waals surface area (Å²) in [4.78, 5) is 3.18. The van der Waals surface area contributed by atoms with Crippen LogP contribution in [0.3, 0.4) is 0 Å². The summed E-state index contributed by atoms with van der Waals surface area (Å²) in [5.74, 6) is 0. The number of nitrogens with zero attached hydrogens (tertiary/aromatic N) is 2. The molecule has 0 radical (unpaired) electrons. The standard InChI is InChI=1S/C8H12N2Si/c1-7(11(3,4)5)8(6-9)10-2/h1,3-5H3/b8-7+. The van der Waals surface area contributed by atoms with Crippen molar-refractivity contribution in [2.24, 2.45) is 0 Å². The molecule has 0 aromatic heterocycles. The number of hydrogen-bond donors (Lipinski definition) is 0. The lowest BCUT2D eigenvalue weighted by atomic mass is 10.4. The predicted octanol–water partition coefficient (Wildman–Crippen LogP) is 2.58. The summed E-state index contributed by atoms with van der Waals surface area (Å²) < 4.78 is 0. The molecule has 3 heteroatoms. The highest BCUT2D eigenvalue weighted by molar-refractivity contribution is 6.83. The van der Waals surface area contributed by atoms with Gasteiger partial charge in [0.2, 0.25) is 0 Å². The maximum absolute atomic E-state index is 8.56. The molecule has 0 bridgehead atoms. The average molecular weight is 164 g/mol. The molecule has 0 N–H and O–H groups in total.